The summed E-state index contributed by atoms with van der Waals surface area (Å²) in [6.45, 7) is 3.91. The van der Waals surface area contributed by atoms with Gasteiger partial charge in [0.15, 0.2) is 4.75 Å². The number of aromatic nitrogens is 3. The number of nitrogens with one attached hydrogen (secondary N) is 1. The number of thiophene rings is 1. The van der Waals surface area contributed by atoms with Crippen LogP contribution in [0.4, 0.5) is 8.78 Å². The summed E-state index contributed by atoms with van der Waals surface area (Å²) in [4.78, 5) is 47.8. The Hall–Kier alpha value is -3.93. The molecule has 51 heavy (non-hydrogen) atoms. The second-order valence-electron chi connectivity index (χ2n) is 13.9. The van der Waals surface area contributed by atoms with Crippen molar-refractivity contribution in [3.05, 3.63) is 68.7 Å². The zero-order chi connectivity index (χ0) is 36.5. The minimum Gasteiger partial charge on any atom is -0.496 e. The van der Waals surface area contributed by atoms with E-state index in [1.807, 2.05) is 12.1 Å². The van der Waals surface area contributed by atoms with Gasteiger partial charge in [0.05, 0.1) is 48.4 Å². The fourth-order valence-electron chi connectivity index (χ4n) is 7.18. The molecule has 1 aromatic carbocycles. The van der Waals surface area contributed by atoms with Gasteiger partial charge in [0.1, 0.15) is 28.5 Å². The Morgan fingerprint density at radius 2 is 1.86 bits per heavy atom. The number of ether oxygens (including phenoxy) is 3. The fourth-order valence-corrected chi connectivity index (χ4v) is 10.00. The predicted octanol–water partition coefficient (Wildman–Crippen LogP) is 4.64. The van der Waals surface area contributed by atoms with Crippen molar-refractivity contribution in [2.24, 2.45) is 0 Å². The third-order valence-corrected chi connectivity index (χ3v) is 13.7. The molecule has 3 fully saturated rings. The summed E-state index contributed by atoms with van der Waals surface area (Å²) in [7, 11) is -3.35. The van der Waals surface area contributed by atoms with E-state index in [9.17, 15) is 31.6 Å². The topological polar surface area (TPSA) is 161 Å². The number of hydrogen-bond donors (Lipinski definition) is 1. The zero-order valence-electron chi connectivity index (χ0n) is 28.4. The second-order valence-corrected chi connectivity index (χ2v) is 16.9. The molecule has 7 rings (SSSR count). The molecule has 4 atom stereocenters. The lowest BCUT2D eigenvalue weighted by molar-refractivity contribution is -0.126. The molecule has 2 saturated heterocycles. The van der Waals surface area contributed by atoms with E-state index in [1.54, 1.807) is 23.8 Å². The van der Waals surface area contributed by atoms with Gasteiger partial charge in [-0.1, -0.05) is 18.2 Å². The highest BCUT2D eigenvalue weighted by atomic mass is 32.2. The third kappa shape index (κ3) is 6.00. The maximum absolute atomic E-state index is 14.7. The number of oxazole rings is 1. The van der Waals surface area contributed by atoms with Crippen LogP contribution in [0.5, 0.6) is 5.75 Å². The minimum atomic E-state index is -4.87. The molecule has 2 aliphatic heterocycles. The van der Waals surface area contributed by atoms with Crippen molar-refractivity contribution in [2.45, 2.75) is 107 Å². The molecule has 17 heteroatoms. The number of alkyl halides is 2. The summed E-state index contributed by atoms with van der Waals surface area (Å²) in [5, 5.41) is 0.0747. The number of sulfonamides is 1. The number of benzene rings is 1. The summed E-state index contributed by atoms with van der Waals surface area (Å²) >= 11 is 1.10. The second kappa shape index (κ2) is 12.9. The Labute approximate surface area is 295 Å². The predicted molar refractivity (Wildman–Crippen MR) is 183 cm³/mol. The SMILES string of the molecule is COc1ccccc1C(Cn1c(=O)n(C(C)(C)C(=O)NS(=O)(=O)C2(C(F)F)CC2)c(=O)c2c(C)c(-c3ncco3)sc21)OC1C[C@H]2CC[C@@H](C1)O2. The molecule has 2 unspecified atom stereocenters. The number of methoxy groups -OCH3 is 1. The summed E-state index contributed by atoms with van der Waals surface area (Å²) < 4.78 is 79.2. The van der Waals surface area contributed by atoms with Gasteiger partial charge < -0.3 is 18.6 Å². The van der Waals surface area contributed by atoms with Gasteiger partial charge in [0.25, 0.3) is 17.9 Å². The van der Waals surface area contributed by atoms with Gasteiger partial charge in [-0.05, 0) is 70.9 Å². The van der Waals surface area contributed by atoms with E-state index < -0.39 is 50.0 Å². The van der Waals surface area contributed by atoms with Crippen LogP contribution in [0.1, 0.15) is 69.6 Å². The van der Waals surface area contributed by atoms with E-state index in [2.05, 4.69) is 4.98 Å². The molecule has 13 nitrogen and oxygen atoms in total. The van der Waals surface area contributed by atoms with Crippen LogP contribution in [-0.4, -0.2) is 65.0 Å². The van der Waals surface area contributed by atoms with Crippen LogP contribution in [0.2, 0.25) is 0 Å². The Balaban J connectivity index is 1.38. The molecule has 1 saturated carbocycles. The highest BCUT2D eigenvalue weighted by molar-refractivity contribution is 7.91. The average Bonchev–Trinajstić information content (AvgIpc) is 3.43. The van der Waals surface area contributed by atoms with Crippen LogP contribution in [0, 0.1) is 6.92 Å². The van der Waals surface area contributed by atoms with Gasteiger partial charge in [-0.3, -0.25) is 18.9 Å². The standard InChI is InChI=1S/C34H38F2N4O9S2/c1-18-25-28(41)40(33(2,3)31(42)38-51(44,45)34(11-12-34)30(35)36)32(43)39(29(25)50-26(18)27-37-13-14-47-27)17-24(22-7-5-6-8-23(22)46-4)49-21-15-19-9-10-20(16-21)48-19/h5-8,13-14,19-21,24,30H,9-12,15-17H2,1-4H3,(H,38,42)/t19-,20+,21?,24?. The lowest BCUT2D eigenvalue weighted by Gasteiger charge is -2.33. The fraction of sp³-hybridized carbons (Fsp3) is 0.529. The number of para-hydroxylation sites is 1. The number of halogens is 2. The highest BCUT2D eigenvalue weighted by Gasteiger charge is 2.63. The van der Waals surface area contributed by atoms with E-state index >= 15 is 0 Å². The smallest absolute Gasteiger partial charge is 0.333 e. The first-order valence-corrected chi connectivity index (χ1v) is 19.0. The third-order valence-electron chi connectivity index (χ3n) is 10.3. The molecule has 1 amide bonds. The molecule has 0 spiro atoms. The first-order valence-electron chi connectivity index (χ1n) is 16.7. The summed E-state index contributed by atoms with van der Waals surface area (Å²) in [5.41, 5.74) is -2.91. The average molecular weight is 749 g/mol. The molecule has 0 radical (unpaired) electrons. The normalized spacial score (nSPS) is 22.0. The molecule has 4 aromatic rings. The van der Waals surface area contributed by atoms with Crippen molar-refractivity contribution in [3.8, 4) is 16.5 Å². The monoisotopic (exact) mass is 748 g/mol. The van der Waals surface area contributed by atoms with Crippen LogP contribution in [0.25, 0.3) is 21.0 Å². The van der Waals surface area contributed by atoms with Crippen LogP contribution in [0.3, 0.4) is 0 Å². The molecule has 5 heterocycles. The molecule has 1 N–H and O–H groups in total. The molecule has 3 aliphatic rings. The largest absolute Gasteiger partial charge is 0.496 e. The summed E-state index contributed by atoms with van der Waals surface area (Å²) in [5.74, 6) is -0.592. The van der Waals surface area contributed by atoms with Crippen molar-refractivity contribution >= 4 is 37.5 Å². The van der Waals surface area contributed by atoms with Crippen LogP contribution >= 0.6 is 11.3 Å². The van der Waals surface area contributed by atoms with E-state index in [4.69, 9.17) is 18.6 Å². The van der Waals surface area contributed by atoms with Gasteiger partial charge >= 0.3 is 5.69 Å². The number of carbonyl (C=O) groups is 1. The van der Waals surface area contributed by atoms with Gasteiger partial charge in [-0.15, -0.1) is 11.3 Å². The lowest BCUT2D eigenvalue weighted by Crippen LogP contribution is -2.58. The molecule has 2 bridgehead atoms. The first kappa shape index (κ1) is 35.5. The number of rotatable bonds is 12. The molecule has 1 aliphatic carbocycles. The number of hydrogen-bond acceptors (Lipinski definition) is 11. The molecule has 3 aromatic heterocycles. The molecular weight excluding hydrogens is 711 g/mol. The molecule has 274 valence electrons. The van der Waals surface area contributed by atoms with Gasteiger partial charge in [-0.25, -0.2) is 31.5 Å². The Morgan fingerprint density at radius 3 is 2.47 bits per heavy atom. The lowest BCUT2D eigenvalue weighted by atomic mass is 10.0. The number of carbonyl (C=O) groups excluding carboxylic acids is 1. The number of fused-ring (bicyclic) bond motifs is 3. The van der Waals surface area contributed by atoms with Crippen molar-refractivity contribution in [3.63, 3.8) is 0 Å². The van der Waals surface area contributed by atoms with E-state index in [-0.39, 0.29) is 53.8 Å². The van der Waals surface area contributed by atoms with E-state index in [0.29, 0.717) is 39.2 Å². The minimum absolute atomic E-state index is 0.0575. The number of nitrogens with zero attached hydrogens (tertiary/aromatic N) is 3. The van der Waals surface area contributed by atoms with Crippen LogP contribution < -0.4 is 20.7 Å². The van der Waals surface area contributed by atoms with Gasteiger partial charge in [0.2, 0.25) is 15.9 Å². The number of aryl methyl sites for hydroxylation is 1. The van der Waals surface area contributed by atoms with Crippen molar-refractivity contribution in [1.82, 2.24) is 18.8 Å². The van der Waals surface area contributed by atoms with Gasteiger partial charge in [-0.2, -0.15) is 0 Å². The van der Waals surface area contributed by atoms with Crippen molar-refractivity contribution < 1.29 is 40.6 Å². The van der Waals surface area contributed by atoms with E-state index in [0.717, 1.165) is 24.2 Å². The first-order chi connectivity index (χ1) is 24.2. The molecular formula is C34H38F2N4O9S2. The summed E-state index contributed by atoms with van der Waals surface area (Å²) in [6, 6.07) is 7.22. The van der Waals surface area contributed by atoms with Crippen molar-refractivity contribution in [2.75, 3.05) is 7.11 Å². The Kier molecular flexibility index (Phi) is 8.99. The highest BCUT2D eigenvalue weighted by Crippen LogP contribution is 2.48. The zero-order valence-corrected chi connectivity index (χ0v) is 30.0. The van der Waals surface area contributed by atoms with Gasteiger partial charge in [0, 0.05) is 5.56 Å². The Bertz CT molecular complexity index is 2200. The quantitative estimate of drug-likeness (QED) is 0.216. The Morgan fingerprint density at radius 1 is 1.18 bits per heavy atom. The summed E-state index contributed by atoms with van der Waals surface area (Å²) in [6.07, 6.45) is 1.19. The van der Waals surface area contributed by atoms with Crippen LogP contribution in [0.15, 0.2) is 50.7 Å². The van der Waals surface area contributed by atoms with E-state index in [1.165, 1.54) is 38.0 Å². The maximum Gasteiger partial charge on any atom is 0.333 e. The van der Waals surface area contributed by atoms with Crippen molar-refractivity contribution in [1.29, 1.82) is 0 Å². The maximum atomic E-state index is 14.7. The number of amides is 1. The van der Waals surface area contributed by atoms with Crippen LogP contribution in [-0.2, 0) is 36.4 Å².